The number of nitrogens with one attached hydrogen (secondary N) is 3. The minimum absolute atomic E-state index is 0.0703. The average molecular weight is 463 g/mol. The molecule has 0 saturated heterocycles. The van der Waals surface area contributed by atoms with E-state index in [4.69, 9.17) is 51.1 Å². The third-order valence-corrected chi connectivity index (χ3v) is 2.56. The summed E-state index contributed by atoms with van der Waals surface area (Å²) in [5.74, 6) is -4.91. The van der Waals surface area contributed by atoms with Crippen molar-refractivity contribution in [1.82, 2.24) is 26.2 Å². The molecule has 0 rings (SSSR count). The maximum atomic E-state index is 10.6. The Morgan fingerprint density at radius 3 is 0.903 bits per heavy atom. The van der Waals surface area contributed by atoms with Gasteiger partial charge in [0.15, 0.2) is 6.29 Å². The summed E-state index contributed by atoms with van der Waals surface area (Å²) >= 11 is 0. The first-order chi connectivity index (χ1) is 14.3. The van der Waals surface area contributed by atoms with Crippen molar-refractivity contribution in [2.24, 2.45) is 0 Å². The molecule has 0 radical (unpaired) electrons. The van der Waals surface area contributed by atoms with Gasteiger partial charge in [-0.3, -0.25) is 29.0 Å². The number of aliphatic carboxylic acids is 4. The Hall–Kier alpha value is -2.50. The maximum absolute atomic E-state index is 10.6. The fraction of sp³-hybridized carbons (Fsp3) is 0.636. The number of nitrogens with zero attached hydrogens (tertiary/aromatic N) is 2. The molecular formula is C11H26BN5O14. The summed E-state index contributed by atoms with van der Waals surface area (Å²) in [5, 5.41) is 79.5. The van der Waals surface area contributed by atoms with Crippen LogP contribution >= 0.6 is 0 Å². The second-order valence-corrected chi connectivity index (χ2v) is 5.16. The molecule has 0 spiro atoms. The number of carboxylic acid groups (broad SMARTS) is 4. The molecule has 0 unspecified atom stereocenters. The van der Waals surface area contributed by atoms with Gasteiger partial charge in [-0.1, -0.05) is 0 Å². The van der Waals surface area contributed by atoms with E-state index >= 15 is 0 Å². The van der Waals surface area contributed by atoms with Gasteiger partial charge in [-0.15, -0.1) is 0 Å². The fourth-order valence-electron chi connectivity index (χ4n) is 1.56. The fourth-order valence-corrected chi connectivity index (χ4v) is 1.56. The zero-order valence-electron chi connectivity index (χ0n) is 15.9. The minimum Gasteiger partial charge on any atom is -0.480 e. The predicted octanol–water partition coefficient (Wildman–Crippen LogP) is -5.92. The molecule has 0 aromatic rings. The second kappa shape index (κ2) is 20.8. The molecule has 0 aliphatic rings. The van der Waals surface area contributed by atoms with Crippen molar-refractivity contribution in [3.05, 3.63) is 0 Å². The van der Waals surface area contributed by atoms with Crippen LogP contribution in [-0.2, 0) is 19.2 Å². The quantitative estimate of drug-likeness (QED) is 0.0647. The lowest BCUT2D eigenvalue weighted by molar-refractivity contribution is -0.145. The summed E-state index contributed by atoms with van der Waals surface area (Å²) in [6, 6.07) is 0. The first-order valence-corrected chi connectivity index (χ1v) is 7.83. The van der Waals surface area contributed by atoms with Crippen LogP contribution in [0.2, 0.25) is 0 Å². The number of carbonyl (C=O) groups is 4. The smallest absolute Gasteiger partial charge is 0.480 e. The third kappa shape index (κ3) is 29.8. The van der Waals surface area contributed by atoms with E-state index in [9.17, 15) is 19.2 Å². The topological polar surface area (TPSA) is 313 Å². The summed E-state index contributed by atoms with van der Waals surface area (Å²) in [7, 11) is -2.17. The van der Waals surface area contributed by atoms with Gasteiger partial charge in [-0.2, -0.15) is 16.4 Å². The maximum Gasteiger partial charge on any atom is 0.631 e. The van der Waals surface area contributed by atoms with Gasteiger partial charge in [0.25, 0.3) is 0 Å². The normalized spacial score (nSPS) is 10.1. The van der Waals surface area contributed by atoms with Crippen molar-refractivity contribution in [3.63, 3.8) is 0 Å². The first kappa shape index (κ1) is 33.2. The number of hydrogen-bond donors (Lipinski definition) is 13. The Balaban J connectivity index is -0.000000585. The standard InChI is InChI=1S/C10H16N2O8.CH7N3O3.BH3O3/c13-7(14)3-11(4-8(15)16)1-2-12(5-9(17)18)6-10(19)20;5-2-1(3-6)4-7;2-1(3)4/h1-6H2,(H,13,14)(H,15,16)(H,17,18)(H,19,20);1-7H;2-4H. The Morgan fingerprint density at radius 1 is 0.613 bits per heavy atom. The highest BCUT2D eigenvalue weighted by Gasteiger charge is 2.18. The first-order valence-electron chi connectivity index (χ1n) is 7.83. The summed E-state index contributed by atoms with van der Waals surface area (Å²) in [4.78, 5) is 44.4. The van der Waals surface area contributed by atoms with Crippen molar-refractivity contribution in [1.29, 1.82) is 0 Å². The van der Waals surface area contributed by atoms with E-state index in [-0.39, 0.29) is 13.1 Å². The van der Waals surface area contributed by atoms with Gasteiger partial charge in [0, 0.05) is 13.1 Å². The van der Waals surface area contributed by atoms with Crippen molar-refractivity contribution >= 4 is 31.2 Å². The minimum atomic E-state index is -2.17. The second-order valence-electron chi connectivity index (χ2n) is 5.16. The van der Waals surface area contributed by atoms with Crippen molar-refractivity contribution in [3.8, 4) is 0 Å². The van der Waals surface area contributed by atoms with E-state index in [2.05, 4.69) is 0 Å². The van der Waals surface area contributed by atoms with Crippen LogP contribution in [0.5, 0.6) is 0 Å². The molecular weight excluding hydrogens is 437 g/mol. The Bertz CT molecular complexity index is 447. The molecule has 13 N–H and O–H groups in total. The van der Waals surface area contributed by atoms with Crippen LogP contribution in [0.3, 0.4) is 0 Å². The number of carboxylic acids is 4. The predicted molar refractivity (Wildman–Crippen MR) is 94.4 cm³/mol. The summed E-state index contributed by atoms with van der Waals surface area (Å²) in [5.41, 5.74) is 4.44. The molecule has 31 heavy (non-hydrogen) atoms. The summed E-state index contributed by atoms with van der Waals surface area (Å²) in [6.45, 7) is -2.25. The van der Waals surface area contributed by atoms with Crippen LogP contribution in [0.15, 0.2) is 0 Å². The highest BCUT2D eigenvalue weighted by Crippen LogP contribution is 1.94. The average Bonchev–Trinajstić information content (AvgIpc) is 2.59. The molecule has 19 nitrogen and oxygen atoms in total. The molecule has 0 aliphatic carbocycles. The zero-order valence-corrected chi connectivity index (χ0v) is 15.9. The van der Waals surface area contributed by atoms with Gasteiger partial charge in [-0.25, -0.2) is 0 Å². The van der Waals surface area contributed by atoms with E-state index < -0.39 is 63.7 Å². The van der Waals surface area contributed by atoms with Crippen molar-refractivity contribution < 1.29 is 70.3 Å². The lowest BCUT2D eigenvalue weighted by Crippen LogP contribution is -2.48. The van der Waals surface area contributed by atoms with Gasteiger partial charge in [0.05, 0.1) is 26.2 Å². The van der Waals surface area contributed by atoms with Crippen LogP contribution in [0, 0.1) is 0 Å². The SMILES string of the molecule is O=C(O)CN(CCN(CC(=O)O)CC(=O)O)CC(=O)O.OB(O)O.ONC(NO)NO. The van der Waals surface area contributed by atoms with E-state index in [0.29, 0.717) is 0 Å². The van der Waals surface area contributed by atoms with Crippen LogP contribution in [0.1, 0.15) is 0 Å². The van der Waals surface area contributed by atoms with Crippen molar-refractivity contribution in [2.75, 3.05) is 39.3 Å². The molecule has 20 heteroatoms. The molecule has 0 heterocycles. The lowest BCUT2D eigenvalue weighted by Gasteiger charge is -2.23. The van der Waals surface area contributed by atoms with Crippen molar-refractivity contribution in [2.45, 2.75) is 6.29 Å². The number of hydrogen-bond acceptors (Lipinski definition) is 15. The van der Waals surface area contributed by atoms with Gasteiger partial charge in [0.1, 0.15) is 0 Å². The van der Waals surface area contributed by atoms with E-state index in [1.807, 2.05) is 0 Å². The van der Waals surface area contributed by atoms with Crippen LogP contribution in [0.25, 0.3) is 0 Å². The number of hydroxylamine groups is 3. The van der Waals surface area contributed by atoms with Gasteiger partial charge < -0.3 is 51.1 Å². The van der Waals surface area contributed by atoms with E-state index in [0.717, 1.165) is 9.80 Å². The van der Waals surface area contributed by atoms with Gasteiger partial charge >= 0.3 is 31.2 Å². The molecule has 0 saturated carbocycles. The molecule has 0 amide bonds. The molecule has 0 bridgehead atoms. The molecule has 182 valence electrons. The Labute approximate surface area is 174 Å². The van der Waals surface area contributed by atoms with Crippen LogP contribution in [-0.4, -0.2) is 138 Å². The number of rotatable bonds is 14. The third-order valence-electron chi connectivity index (χ3n) is 2.56. The lowest BCUT2D eigenvalue weighted by atomic mass is 10.3. The largest absolute Gasteiger partial charge is 0.631 e. The van der Waals surface area contributed by atoms with E-state index in [1.165, 1.54) is 16.4 Å². The molecule has 0 aromatic carbocycles. The van der Waals surface area contributed by atoms with Crippen LogP contribution < -0.4 is 16.4 Å². The van der Waals surface area contributed by atoms with Crippen LogP contribution in [0.4, 0.5) is 0 Å². The van der Waals surface area contributed by atoms with Gasteiger partial charge in [-0.05, 0) is 0 Å². The summed E-state index contributed by atoms with van der Waals surface area (Å²) in [6.07, 6.45) is -1.10. The highest BCUT2D eigenvalue weighted by atomic mass is 16.5. The van der Waals surface area contributed by atoms with E-state index in [1.54, 1.807) is 0 Å². The Kier molecular flexibility index (Phi) is 22.2. The monoisotopic (exact) mass is 463 g/mol. The zero-order chi connectivity index (χ0) is 25.0. The molecule has 0 aromatic heterocycles. The molecule has 0 aliphatic heterocycles. The molecule has 0 atom stereocenters. The molecule has 0 fully saturated rings. The van der Waals surface area contributed by atoms with Gasteiger partial charge in [0.2, 0.25) is 0 Å². The Morgan fingerprint density at radius 2 is 0.806 bits per heavy atom. The highest BCUT2D eigenvalue weighted by molar-refractivity contribution is 6.30. The summed E-state index contributed by atoms with van der Waals surface area (Å²) < 4.78 is 0.